The van der Waals surface area contributed by atoms with Gasteiger partial charge in [-0.1, -0.05) is 29.3 Å². The average molecular weight is 316 g/mol. The van der Waals surface area contributed by atoms with E-state index in [0.717, 1.165) is 22.7 Å². The number of nitrogens with one attached hydrogen (secondary N) is 1. The number of thioether (sulfide) groups is 1. The second kappa shape index (κ2) is 7.77. The van der Waals surface area contributed by atoms with Crippen LogP contribution < -0.4 is 5.32 Å². The Bertz CT molecular complexity index is 349. The Morgan fingerprint density at radius 3 is 2.53 bits per heavy atom. The van der Waals surface area contributed by atoms with Crippen LogP contribution in [-0.4, -0.2) is 17.0 Å². The third-order valence-electron chi connectivity index (χ3n) is 2.46. The first-order valence-corrected chi connectivity index (χ1v) is 7.82. The van der Waals surface area contributed by atoms with E-state index in [1.54, 1.807) is 0 Å². The quantitative estimate of drug-likeness (QED) is 0.631. The lowest BCUT2D eigenvalue weighted by Crippen LogP contribution is -2.05. The van der Waals surface area contributed by atoms with Crippen molar-refractivity contribution < 1.29 is 4.79 Å². The molecule has 17 heavy (non-hydrogen) atoms. The summed E-state index contributed by atoms with van der Waals surface area (Å²) >= 11 is 5.39. The first-order valence-electron chi connectivity index (χ1n) is 5.72. The van der Waals surface area contributed by atoms with Crippen molar-refractivity contribution in [3.63, 3.8) is 0 Å². The molecule has 0 aromatic heterocycles. The van der Waals surface area contributed by atoms with Crippen LogP contribution in [0.2, 0.25) is 0 Å². The molecule has 1 aromatic rings. The molecule has 0 aliphatic carbocycles. The van der Waals surface area contributed by atoms with Crippen LogP contribution in [0.1, 0.15) is 20.3 Å². The summed E-state index contributed by atoms with van der Waals surface area (Å²) in [7, 11) is 0. The summed E-state index contributed by atoms with van der Waals surface area (Å²) in [5.41, 5.74) is 0.856. The highest BCUT2D eigenvalue weighted by Crippen LogP contribution is 2.24. The molecule has 1 N–H and O–H groups in total. The molecule has 0 saturated carbocycles. The number of hydrogen-bond acceptors (Lipinski definition) is 2. The Kier molecular flexibility index (Phi) is 6.66. The van der Waals surface area contributed by atoms with Crippen molar-refractivity contribution in [1.29, 1.82) is 0 Å². The summed E-state index contributed by atoms with van der Waals surface area (Å²) in [6, 6.07) is 7.99. The van der Waals surface area contributed by atoms with E-state index in [0.29, 0.717) is 0 Å². The number of anilines is 1. The lowest BCUT2D eigenvalue weighted by atomic mass is 10.2. The van der Waals surface area contributed by atoms with E-state index >= 15 is 0 Å². The molecule has 0 heterocycles. The van der Waals surface area contributed by atoms with Crippen molar-refractivity contribution in [3.8, 4) is 0 Å². The van der Waals surface area contributed by atoms with Gasteiger partial charge in [0.05, 0.1) is 0 Å². The summed E-state index contributed by atoms with van der Waals surface area (Å²) in [5, 5.41) is 3.82. The summed E-state index contributed by atoms with van der Waals surface area (Å²) in [4.78, 5) is 12.1. The van der Waals surface area contributed by atoms with Gasteiger partial charge >= 0.3 is 0 Å². The topological polar surface area (TPSA) is 29.1 Å². The molecule has 0 bridgehead atoms. The molecule has 1 aromatic carbocycles. The van der Waals surface area contributed by atoms with Crippen molar-refractivity contribution in [1.82, 2.24) is 0 Å². The summed E-state index contributed by atoms with van der Waals surface area (Å²) in [6.45, 7) is 3.73. The maximum atomic E-state index is 10.9. The van der Waals surface area contributed by atoms with E-state index in [1.165, 1.54) is 18.2 Å². The highest BCUT2D eigenvalue weighted by Gasteiger charge is 2.05. The molecular weight excluding hydrogens is 298 g/mol. The molecular formula is C13H18BrNOS. The third-order valence-corrected chi connectivity index (χ3v) is 4.62. The molecule has 1 atom stereocenters. The molecule has 94 valence electrons. The highest BCUT2D eigenvalue weighted by molar-refractivity contribution is 9.09. The van der Waals surface area contributed by atoms with E-state index in [-0.39, 0.29) is 5.91 Å². The van der Waals surface area contributed by atoms with Gasteiger partial charge in [0.15, 0.2) is 0 Å². The van der Waals surface area contributed by atoms with E-state index < -0.39 is 0 Å². The zero-order valence-electron chi connectivity index (χ0n) is 10.2. The maximum Gasteiger partial charge on any atom is 0.221 e. The number of hydrogen-bond donors (Lipinski definition) is 1. The second-order valence-corrected chi connectivity index (χ2v) is 5.69. The van der Waals surface area contributed by atoms with Crippen molar-refractivity contribution in [3.05, 3.63) is 24.3 Å². The standard InChI is InChI=1S/C13H18BrNOS/c1-3-11(8-14)9-17-13-6-4-12(5-7-13)15-10(2)16/h4-7,11H,3,8-9H2,1-2H3,(H,15,16). The smallest absolute Gasteiger partial charge is 0.221 e. The highest BCUT2D eigenvalue weighted by atomic mass is 79.9. The van der Waals surface area contributed by atoms with Gasteiger partial charge in [-0.3, -0.25) is 4.79 Å². The fourth-order valence-electron chi connectivity index (χ4n) is 1.32. The number of carbonyl (C=O) groups excluding carboxylic acids is 1. The van der Waals surface area contributed by atoms with Crippen molar-refractivity contribution in [2.24, 2.45) is 5.92 Å². The monoisotopic (exact) mass is 315 g/mol. The van der Waals surface area contributed by atoms with Crippen LogP contribution in [0.25, 0.3) is 0 Å². The summed E-state index contributed by atoms with van der Waals surface area (Å²) < 4.78 is 0. The van der Waals surface area contributed by atoms with Gasteiger partial charge in [0, 0.05) is 28.6 Å². The Morgan fingerprint density at radius 1 is 1.41 bits per heavy atom. The average Bonchev–Trinajstić information content (AvgIpc) is 2.32. The molecule has 0 aliphatic rings. The van der Waals surface area contributed by atoms with Crippen LogP contribution in [0.3, 0.4) is 0 Å². The first-order chi connectivity index (χ1) is 8.15. The van der Waals surface area contributed by atoms with Crippen LogP contribution in [0.5, 0.6) is 0 Å². The van der Waals surface area contributed by atoms with Crippen LogP contribution in [-0.2, 0) is 4.79 Å². The lowest BCUT2D eigenvalue weighted by Gasteiger charge is -2.10. The number of alkyl halides is 1. The molecule has 0 fully saturated rings. The normalized spacial score (nSPS) is 12.2. The third kappa shape index (κ3) is 5.59. The zero-order valence-corrected chi connectivity index (χ0v) is 12.6. The largest absolute Gasteiger partial charge is 0.326 e. The minimum absolute atomic E-state index is 0.0317. The van der Waals surface area contributed by atoms with Gasteiger partial charge in [-0.25, -0.2) is 0 Å². The fraction of sp³-hybridized carbons (Fsp3) is 0.462. The van der Waals surface area contributed by atoms with Gasteiger partial charge in [0.1, 0.15) is 0 Å². The van der Waals surface area contributed by atoms with Crippen LogP contribution >= 0.6 is 27.7 Å². The minimum Gasteiger partial charge on any atom is -0.326 e. The summed E-state index contributed by atoms with van der Waals surface area (Å²) in [6.07, 6.45) is 1.20. The molecule has 0 spiro atoms. The molecule has 0 aliphatic heterocycles. The van der Waals surface area contributed by atoms with Gasteiger partial charge in [-0.05, 0) is 30.2 Å². The van der Waals surface area contributed by atoms with E-state index in [9.17, 15) is 4.79 Å². The zero-order chi connectivity index (χ0) is 12.7. The number of carbonyl (C=O) groups is 1. The van der Waals surface area contributed by atoms with Crippen LogP contribution in [0, 0.1) is 5.92 Å². The van der Waals surface area contributed by atoms with Gasteiger partial charge in [0.25, 0.3) is 0 Å². The minimum atomic E-state index is -0.0317. The molecule has 1 unspecified atom stereocenters. The number of amides is 1. The SMILES string of the molecule is CCC(CBr)CSc1ccc(NC(C)=O)cc1. The Morgan fingerprint density at radius 2 is 2.06 bits per heavy atom. The van der Waals surface area contributed by atoms with Gasteiger partial charge in [0.2, 0.25) is 5.91 Å². The van der Waals surface area contributed by atoms with Crippen molar-refractivity contribution in [2.75, 3.05) is 16.4 Å². The number of rotatable bonds is 6. The number of benzene rings is 1. The van der Waals surface area contributed by atoms with Gasteiger partial charge in [-0.15, -0.1) is 11.8 Å². The Hall–Kier alpha value is -0.480. The number of halogens is 1. The van der Waals surface area contributed by atoms with Gasteiger partial charge < -0.3 is 5.32 Å². The summed E-state index contributed by atoms with van der Waals surface area (Å²) in [5.74, 6) is 1.81. The van der Waals surface area contributed by atoms with Crippen molar-refractivity contribution >= 4 is 39.3 Å². The Balaban J connectivity index is 2.47. The lowest BCUT2D eigenvalue weighted by molar-refractivity contribution is -0.114. The molecule has 4 heteroatoms. The van der Waals surface area contributed by atoms with E-state index in [4.69, 9.17) is 0 Å². The van der Waals surface area contributed by atoms with Crippen LogP contribution in [0.15, 0.2) is 29.2 Å². The predicted octanol–water partition coefficient (Wildman–Crippen LogP) is 4.16. The first kappa shape index (κ1) is 14.6. The van der Waals surface area contributed by atoms with Crippen molar-refractivity contribution in [2.45, 2.75) is 25.2 Å². The second-order valence-electron chi connectivity index (χ2n) is 3.95. The van der Waals surface area contributed by atoms with E-state index in [1.807, 2.05) is 23.9 Å². The fourth-order valence-corrected chi connectivity index (χ4v) is 3.42. The molecule has 2 nitrogen and oxygen atoms in total. The maximum absolute atomic E-state index is 10.9. The molecule has 1 amide bonds. The molecule has 0 saturated heterocycles. The Labute approximate surface area is 116 Å². The van der Waals surface area contributed by atoms with E-state index in [2.05, 4.69) is 40.3 Å². The predicted molar refractivity (Wildman–Crippen MR) is 79.0 cm³/mol. The van der Waals surface area contributed by atoms with Crippen LogP contribution in [0.4, 0.5) is 5.69 Å². The van der Waals surface area contributed by atoms with Gasteiger partial charge in [-0.2, -0.15) is 0 Å². The molecule has 0 radical (unpaired) electrons. The molecule has 1 rings (SSSR count).